The molecular weight excluding hydrogens is 244 g/mol. The maximum atomic E-state index is 12.3. The number of carboxylic acid groups (broad SMARTS) is 1. The highest BCUT2D eigenvalue weighted by Crippen LogP contribution is 2.26. The number of hydrogen-bond donors (Lipinski definition) is 3. The SMILES string of the molecule is Nc1ccc(C(=O)O)c(C(=O)c2ccccc2)c1N. The molecule has 5 N–H and O–H groups in total. The van der Waals surface area contributed by atoms with Gasteiger partial charge in [0.05, 0.1) is 22.5 Å². The molecule has 5 nitrogen and oxygen atoms in total. The molecule has 0 bridgehead atoms. The van der Waals surface area contributed by atoms with Crippen molar-refractivity contribution in [2.24, 2.45) is 0 Å². The van der Waals surface area contributed by atoms with E-state index in [0.29, 0.717) is 5.56 Å². The van der Waals surface area contributed by atoms with Crippen LogP contribution in [0.15, 0.2) is 42.5 Å². The van der Waals surface area contributed by atoms with Gasteiger partial charge in [0.25, 0.3) is 0 Å². The van der Waals surface area contributed by atoms with Gasteiger partial charge in [-0.15, -0.1) is 0 Å². The number of anilines is 2. The summed E-state index contributed by atoms with van der Waals surface area (Å²) in [7, 11) is 0. The maximum Gasteiger partial charge on any atom is 0.336 e. The van der Waals surface area contributed by atoms with Crippen molar-refractivity contribution in [1.82, 2.24) is 0 Å². The van der Waals surface area contributed by atoms with Crippen molar-refractivity contribution in [3.8, 4) is 0 Å². The van der Waals surface area contributed by atoms with Crippen molar-refractivity contribution >= 4 is 23.1 Å². The number of nitrogens with two attached hydrogens (primary N) is 2. The Morgan fingerprint density at radius 3 is 2.16 bits per heavy atom. The summed E-state index contributed by atoms with van der Waals surface area (Å²) in [6, 6.07) is 11.0. The Kier molecular flexibility index (Phi) is 3.20. The fourth-order valence-electron chi connectivity index (χ4n) is 1.79. The summed E-state index contributed by atoms with van der Waals surface area (Å²) in [5, 5.41) is 9.13. The van der Waals surface area contributed by atoms with E-state index >= 15 is 0 Å². The molecule has 0 aliphatic rings. The van der Waals surface area contributed by atoms with Gasteiger partial charge in [-0.05, 0) is 12.1 Å². The third-order valence-electron chi connectivity index (χ3n) is 2.77. The van der Waals surface area contributed by atoms with Gasteiger partial charge in [0, 0.05) is 5.56 Å². The van der Waals surface area contributed by atoms with Crippen LogP contribution in [0.5, 0.6) is 0 Å². The molecule has 2 aromatic carbocycles. The van der Waals surface area contributed by atoms with Gasteiger partial charge in [-0.25, -0.2) is 4.79 Å². The number of hydrogen-bond acceptors (Lipinski definition) is 4. The lowest BCUT2D eigenvalue weighted by molar-refractivity contribution is 0.0693. The van der Waals surface area contributed by atoms with E-state index in [9.17, 15) is 9.59 Å². The van der Waals surface area contributed by atoms with Gasteiger partial charge in [0.15, 0.2) is 5.78 Å². The Hall–Kier alpha value is -2.82. The van der Waals surface area contributed by atoms with Gasteiger partial charge in [-0.3, -0.25) is 4.79 Å². The van der Waals surface area contributed by atoms with Crippen molar-refractivity contribution in [2.45, 2.75) is 0 Å². The van der Waals surface area contributed by atoms with Crippen molar-refractivity contribution < 1.29 is 14.7 Å². The zero-order valence-electron chi connectivity index (χ0n) is 9.96. The second-order valence-electron chi connectivity index (χ2n) is 3.99. The molecule has 2 rings (SSSR count). The quantitative estimate of drug-likeness (QED) is 0.573. The summed E-state index contributed by atoms with van der Waals surface area (Å²) >= 11 is 0. The number of carbonyl (C=O) groups is 2. The molecule has 5 heteroatoms. The van der Waals surface area contributed by atoms with Crippen LogP contribution in [-0.2, 0) is 0 Å². The first kappa shape index (κ1) is 12.6. The fourth-order valence-corrected chi connectivity index (χ4v) is 1.79. The highest BCUT2D eigenvalue weighted by molar-refractivity contribution is 6.18. The second-order valence-corrected chi connectivity index (χ2v) is 3.99. The van der Waals surface area contributed by atoms with Crippen LogP contribution in [0, 0.1) is 0 Å². The number of carbonyl (C=O) groups excluding carboxylic acids is 1. The van der Waals surface area contributed by atoms with Crippen LogP contribution in [0.2, 0.25) is 0 Å². The van der Waals surface area contributed by atoms with Crippen molar-refractivity contribution in [3.63, 3.8) is 0 Å². The fraction of sp³-hybridized carbons (Fsp3) is 0. The van der Waals surface area contributed by atoms with E-state index in [2.05, 4.69) is 0 Å². The van der Waals surface area contributed by atoms with Crippen molar-refractivity contribution in [2.75, 3.05) is 11.5 Å². The Balaban J connectivity index is 2.64. The molecule has 0 saturated heterocycles. The zero-order chi connectivity index (χ0) is 14.0. The smallest absolute Gasteiger partial charge is 0.336 e. The molecule has 96 valence electrons. The Morgan fingerprint density at radius 2 is 1.58 bits per heavy atom. The van der Waals surface area contributed by atoms with Gasteiger partial charge < -0.3 is 16.6 Å². The molecule has 0 heterocycles. The average Bonchev–Trinajstić information content (AvgIpc) is 2.41. The average molecular weight is 256 g/mol. The van der Waals surface area contributed by atoms with Gasteiger partial charge >= 0.3 is 5.97 Å². The van der Waals surface area contributed by atoms with Gasteiger partial charge in [-0.2, -0.15) is 0 Å². The molecule has 0 atom stereocenters. The largest absolute Gasteiger partial charge is 0.478 e. The van der Waals surface area contributed by atoms with E-state index in [1.165, 1.54) is 12.1 Å². The molecule has 0 radical (unpaired) electrons. The summed E-state index contributed by atoms with van der Waals surface area (Å²) in [5.41, 5.74) is 11.7. The lowest BCUT2D eigenvalue weighted by atomic mass is 9.96. The lowest BCUT2D eigenvalue weighted by Gasteiger charge is -2.10. The Bertz CT molecular complexity index is 651. The second kappa shape index (κ2) is 4.81. The monoisotopic (exact) mass is 256 g/mol. The molecule has 0 aliphatic carbocycles. The lowest BCUT2D eigenvalue weighted by Crippen LogP contribution is -2.14. The molecular formula is C14H12N2O3. The topological polar surface area (TPSA) is 106 Å². The predicted molar refractivity (Wildman–Crippen MR) is 72.1 cm³/mol. The molecule has 19 heavy (non-hydrogen) atoms. The third kappa shape index (κ3) is 2.26. The van der Waals surface area contributed by atoms with E-state index < -0.39 is 11.8 Å². The minimum absolute atomic E-state index is 0.00578. The summed E-state index contributed by atoms with van der Waals surface area (Å²) in [6.45, 7) is 0. The van der Waals surface area contributed by atoms with Crippen molar-refractivity contribution in [1.29, 1.82) is 0 Å². The first-order valence-electron chi connectivity index (χ1n) is 5.53. The summed E-state index contributed by atoms with van der Waals surface area (Å²) in [5.74, 6) is -1.67. The predicted octanol–water partition coefficient (Wildman–Crippen LogP) is 1.78. The van der Waals surface area contributed by atoms with Crippen LogP contribution < -0.4 is 11.5 Å². The Labute approximate surface area is 109 Å². The minimum atomic E-state index is -1.22. The van der Waals surface area contributed by atoms with Crippen LogP contribution in [0.4, 0.5) is 11.4 Å². The van der Waals surface area contributed by atoms with Gasteiger partial charge in [-0.1, -0.05) is 30.3 Å². The third-order valence-corrected chi connectivity index (χ3v) is 2.77. The molecule has 0 spiro atoms. The first-order valence-corrected chi connectivity index (χ1v) is 5.53. The summed E-state index contributed by atoms with van der Waals surface area (Å²) in [4.78, 5) is 23.5. The van der Waals surface area contributed by atoms with E-state index in [4.69, 9.17) is 16.6 Å². The summed E-state index contributed by atoms with van der Waals surface area (Å²) in [6.07, 6.45) is 0. The van der Waals surface area contributed by atoms with Crippen LogP contribution in [0.25, 0.3) is 0 Å². The summed E-state index contributed by atoms with van der Waals surface area (Å²) < 4.78 is 0. The minimum Gasteiger partial charge on any atom is -0.478 e. The number of aromatic carboxylic acids is 1. The van der Waals surface area contributed by atoms with Crippen LogP contribution in [-0.4, -0.2) is 16.9 Å². The normalized spacial score (nSPS) is 10.1. The molecule has 0 fully saturated rings. The van der Waals surface area contributed by atoms with Gasteiger partial charge in [0.2, 0.25) is 0 Å². The maximum absolute atomic E-state index is 12.3. The van der Waals surface area contributed by atoms with E-state index in [1.54, 1.807) is 30.3 Å². The van der Waals surface area contributed by atoms with Gasteiger partial charge in [0.1, 0.15) is 0 Å². The van der Waals surface area contributed by atoms with Crippen molar-refractivity contribution in [3.05, 3.63) is 59.2 Å². The number of benzene rings is 2. The highest BCUT2D eigenvalue weighted by atomic mass is 16.4. The molecule has 0 amide bonds. The van der Waals surface area contributed by atoms with Crippen LogP contribution in [0.1, 0.15) is 26.3 Å². The standard InChI is InChI=1S/C14H12N2O3/c15-10-7-6-9(14(18)19)11(12(10)16)13(17)8-4-2-1-3-5-8/h1-7H,15-16H2,(H,18,19). The van der Waals surface area contributed by atoms with E-state index in [-0.39, 0.29) is 22.5 Å². The Morgan fingerprint density at radius 1 is 0.947 bits per heavy atom. The first-order chi connectivity index (χ1) is 9.02. The van der Waals surface area contributed by atoms with Crippen LogP contribution >= 0.6 is 0 Å². The van der Waals surface area contributed by atoms with E-state index in [1.807, 2.05) is 0 Å². The molecule has 0 saturated carbocycles. The number of carboxylic acids is 1. The number of nitrogen functional groups attached to an aromatic ring is 2. The number of ketones is 1. The molecule has 0 unspecified atom stereocenters. The molecule has 2 aromatic rings. The number of rotatable bonds is 3. The zero-order valence-corrected chi connectivity index (χ0v) is 9.96. The van der Waals surface area contributed by atoms with E-state index in [0.717, 1.165) is 0 Å². The van der Waals surface area contributed by atoms with Crippen LogP contribution in [0.3, 0.4) is 0 Å². The highest BCUT2D eigenvalue weighted by Gasteiger charge is 2.22. The molecule has 0 aliphatic heterocycles. The molecule has 0 aromatic heterocycles.